The minimum absolute atomic E-state index is 0.640. The Morgan fingerprint density at radius 1 is 1.27 bits per heavy atom. The molecule has 1 aliphatic carbocycles. The van der Waals surface area contributed by atoms with Crippen molar-refractivity contribution in [3.8, 4) is 0 Å². The van der Waals surface area contributed by atoms with E-state index in [-0.39, 0.29) is 0 Å². The summed E-state index contributed by atoms with van der Waals surface area (Å²) >= 11 is 3.46. The lowest BCUT2D eigenvalue weighted by molar-refractivity contribution is -0.00154. The summed E-state index contributed by atoms with van der Waals surface area (Å²) in [5.41, 5.74) is 1.48. The van der Waals surface area contributed by atoms with Gasteiger partial charge in [-0.2, -0.15) is 0 Å². The first-order valence-electron chi connectivity index (χ1n) is 5.46. The van der Waals surface area contributed by atoms with Crippen LogP contribution in [0.2, 0.25) is 0 Å². The maximum Gasteiger partial charge on any atom is 0.0914 e. The maximum atomic E-state index is 10.6. The van der Waals surface area contributed by atoms with Crippen LogP contribution in [0.25, 0.3) is 0 Å². The van der Waals surface area contributed by atoms with E-state index < -0.39 is 5.60 Å². The zero-order valence-corrected chi connectivity index (χ0v) is 10.5. The van der Waals surface area contributed by atoms with Crippen molar-refractivity contribution in [1.29, 1.82) is 0 Å². The lowest BCUT2D eigenvalue weighted by atomic mass is 9.79. The number of halogens is 1. The van der Waals surface area contributed by atoms with Gasteiger partial charge in [-0.25, -0.2) is 0 Å². The second-order valence-corrected chi connectivity index (χ2v) is 5.24. The first kappa shape index (κ1) is 11.1. The summed E-state index contributed by atoms with van der Waals surface area (Å²) in [4.78, 5) is 4.16. The quantitative estimate of drug-likeness (QED) is 0.849. The number of pyridine rings is 1. The highest BCUT2D eigenvalue weighted by Gasteiger charge is 2.32. The Bertz CT molecular complexity index is 359. The summed E-state index contributed by atoms with van der Waals surface area (Å²) in [6, 6.07) is 0. The molecule has 15 heavy (non-hydrogen) atoms. The molecule has 3 heteroatoms. The van der Waals surface area contributed by atoms with Crippen molar-refractivity contribution in [3.63, 3.8) is 0 Å². The first-order valence-corrected chi connectivity index (χ1v) is 6.26. The third-order valence-electron chi connectivity index (χ3n) is 3.34. The molecular formula is C12H16BrNO. The average Bonchev–Trinajstić information content (AvgIpc) is 2.23. The molecule has 0 saturated heterocycles. The molecule has 0 radical (unpaired) electrons. The largest absolute Gasteiger partial charge is 0.385 e. The van der Waals surface area contributed by atoms with Gasteiger partial charge in [-0.05, 0) is 41.3 Å². The van der Waals surface area contributed by atoms with Gasteiger partial charge in [-0.3, -0.25) is 4.98 Å². The Labute approximate surface area is 98.9 Å². The average molecular weight is 270 g/mol. The molecular weight excluding hydrogens is 254 g/mol. The topological polar surface area (TPSA) is 33.1 Å². The van der Waals surface area contributed by atoms with Crippen molar-refractivity contribution in [3.05, 3.63) is 28.0 Å². The Morgan fingerprint density at radius 2 is 1.93 bits per heavy atom. The van der Waals surface area contributed by atoms with Gasteiger partial charge in [0, 0.05) is 22.4 Å². The highest BCUT2D eigenvalue weighted by molar-refractivity contribution is 9.10. The second-order valence-electron chi connectivity index (χ2n) is 4.39. The first-order chi connectivity index (χ1) is 7.13. The van der Waals surface area contributed by atoms with Crippen molar-refractivity contribution < 1.29 is 5.11 Å². The summed E-state index contributed by atoms with van der Waals surface area (Å²) in [5.74, 6) is 0. The van der Waals surface area contributed by atoms with Gasteiger partial charge in [-0.15, -0.1) is 0 Å². The van der Waals surface area contributed by atoms with Gasteiger partial charge in [0.15, 0.2) is 0 Å². The van der Waals surface area contributed by atoms with E-state index in [9.17, 15) is 5.11 Å². The molecule has 0 aromatic carbocycles. The summed E-state index contributed by atoms with van der Waals surface area (Å²) in [5, 5.41) is 10.6. The predicted octanol–water partition coefficient (Wildman–Crippen LogP) is 3.30. The predicted molar refractivity (Wildman–Crippen MR) is 63.7 cm³/mol. The van der Waals surface area contributed by atoms with Crippen LogP contribution >= 0.6 is 15.9 Å². The minimum Gasteiger partial charge on any atom is -0.385 e. The number of hydrogen-bond acceptors (Lipinski definition) is 2. The van der Waals surface area contributed by atoms with Gasteiger partial charge in [0.1, 0.15) is 0 Å². The van der Waals surface area contributed by atoms with Crippen molar-refractivity contribution in [2.45, 2.75) is 44.6 Å². The van der Waals surface area contributed by atoms with E-state index in [0.29, 0.717) is 0 Å². The molecule has 0 unspecified atom stereocenters. The number of aliphatic hydroxyl groups is 1. The Kier molecular flexibility index (Phi) is 3.12. The van der Waals surface area contributed by atoms with E-state index in [1.54, 1.807) is 6.20 Å². The molecule has 1 aromatic heterocycles. The highest BCUT2D eigenvalue weighted by Crippen LogP contribution is 2.39. The molecule has 2 rings (SSSR count). The van der Waals surface area contributed by atoms with Crippen LogP contribution in [0, 0.1) is 6.92 Å². The Balaban J connectivity index is 2.39. The molecule has 1 aromatic rings. The normalized spacial score (nSPS) is 20.2. The molecule has 0 atom stereocenters. The molecule has 1 N–H and O–H groups in total. The van der Waals surface area contributed by atoms with Crippen LogP contribution in [0.5, 0.6) is 0 Å². The zero-order chi connectivity index (χ0) is 10.9. The van der Waals surface area contributed by atoms with E-state index >= 15 is 0 Å². The smallest absolute Gasteiger partial charge is 0.0914 e. The fourth-order valence-electron chi connectivity index (χ4n) is 2.37. The van der Waals surface area contributed by atoms with Crippen molar-refractivity contribution >= 4 is 15.9 Å². The van der Waals surface area contributed by atoms with E-state index in [2.05, 4.69) is 20.9 Å². The number of nitrogens with zero attached hydrogens (tertiary/aromatic N) is 1. The summed E-state index contributed by atoms with van der Waals surface area (Å²) in [6.07, 6.45) is 8.79. The molecule has 0 aliphatic heterocycles. The van der Waals surface area contributed by atoms with Gasteiger partial charge >= 0.3 is 0 Å². The Morgan fingerprint density at radius 3 is 2.60 bits per heavy atom. The van der Waals surface area contributed by atoms with Crippen LogP contribution in [0.4, 0.5) is 0 Å². The van der Waals surface area contributed by atoms with Crippen molar-refractivity contribution in [1.82, 2.24) is 4.98 Å². The molecule has 1 aliphatic rings. The third-order valence-corrected chi connectivity index (χ3v) is 4.14. The van der Waals surface area contributed by atoms with Crippen molar-refractivity contribution in [2.75, 3.05) is 0 Å². The lowest BCUT2D eigenvalue weighted by Crippen LogP contribution is -2.29. The highest BCUT2D eigenvalue weighted by atomic mass is 79.9. The van der Waals surface area contributed by atoms with Crippen LogP contribution in [-0.4, -0.2) is 10.1 Å². The standard InChI is InChI=1S/C12H16BrNO/c1-9-10(7-14-8-11(9)13)12(15)5-3-2-4-6-12/h7-8,15H,2-6H2,1H3. The third kappa shape index (κ3) is 2.08. The van der Waals surface area contributed by atoms with Crippen LogP contribution in [0.1, 0.15) is 43.2 Å². The Hall–Kier alpha value is -0.410. The van der Waals surface area contributed by atoms with Crippen LogP contribution in [0.3, 0.4) is 0 Å². The van der Waals surface area contributed by atoms with Crippen LogP contribution in [-0.2, 0) is 5.60 Å². The number of rotatable bonds is 1. The van der Waals surface area contributed by atoms with Crippen LogP contribution in [0.15, 0.2) is 16.9 Å². The fourth-order valence-corrected chi connectivity index (χ4v) is 2.71. The van der Waals surface area contributed by atoms with Gasteiger partial charge in [0.2, 0.25) is 0 Å². The molecule has 0 amide bonds. The summed E-state index contributed by atoms with van der Waals surface area (Å²) in [7, 11) is 0. The summed E-state index contributed by atoms with van der Waals surface area (Å²) < 4.78 is 0.985. The molecule has 0 bridgehead atoms. The SMILES string of the molecule is Cc1c(Br)cncc1C1(O)CCCCC1. The maximum absolute atomic E-state index is 10.6. The zero-order valence-electron chi connectivity index (χ0n) is 8.96. The molecule has 1 fully saturated rings. The molecule has 1 heterocycles. The monoisotopic (exact) mass is 269 g/mol. The van der Waals surface area contributed by atoms with Gasteiger partial charge < -0.3 is 5.11 Å². The second kappa shape index (κ2) is 4.22. The molecule has 82 valence electrons. The molecule has 2 nitrogen and oxygen atoms in total. The van der Waals surface area contributed by atoms with Crippen LogP contribution < -0.4 is 0 Å². The lowest BCUT2D eigenvalue weighted by Gasteiger charge is -2.33. The number of hydrogen-bond donors (Lipinski definition) is 1. The number of aromatic nitrogens is 1. The summed E-state index contributed by atoms with van der Waals surface area (Å²) in [6.45, 7) is 2.04. The fraction of sp³-hybridized carbons (Fsp3) is 0.583. The van der Waals surface area contributed by atoms with Crippen molar-refractivity contribution in [2.24, 2.45) is 0 Å². The van der Waals surface area contributed by atoms with Gasteiger partial charge in [0.05, 0.1) is 5.60 Å². The molecule has 0 spiro atoms. The minimum atomic E-state index is -0.640. The van der Waals surface area contributed by atoms with E-state index in [1.807, 2.05) is 13.1 Å². The van der Waals surface area contributed by atoms with Gasteiger partial charge in [0.25, 0.3) is 0 Å². The van der Waals surface area contributed by atoms with E-state index in [0.717, 1.165) is 41.3 Å². The molecule has 1 saturated carbocycles. The van der Waals surface area contributed by atoms with E-state index in [4.69, 9.17) is 0 Å². The van der Waals surface area contributed by atoms with E-state index in [1.165, 1.54) is 6.42 Å². The van der Waals surface area contributed by atoms with Gasteiger partial charge in [-0.1, -0.05) is 19.3 Å².